The lowest BCUT2D eigenvalue weighted by molar-refractivity contribution is 0.0696. The number of carboxylic acids is 1. The number of aromatic carboxylic acids is 1. The molecule has 0 aromatic heterocycles. The number of hydrogen-bond donors (Lipinski definition) is 2. The van der Waals surface area contributed by atoms with Gasteiger partial charge in [-0.1, -0.05) is 17.7 Å². The van der Waals surface area contributed by atoms with Gasteiger partial charge < -0.3 is 10.4 Å². The van der Waals surface area contributed by atoms with Gasteiger partial charge in [0, 0.05) is 5.69 Å². The molecule has 0 spiro atoms. The van der Waals surface area contributed by atoms with Crippen molar-refractivity contribution < 1.29 is 23.5 Å². The Morgan fingerprint density at radius 2 is 1.81 bits per heavy atom. The molecule has 0 aliphatic heterocycles. The molecule has 2 aromatic rings. The third kappa shape index (κ3) is 3.17. The number of carbonyl (C=O) groups excluding carboxylic acids is 1. The fraction of sp³-hybridized carbons (Fsp3) is 0. The van der Waals surface area contributed by atoms with Crippen molar-refractivity contribution in [1.82, 2.24) is 0 Å². The van der Waals surface area contributed by atoms with E-state index in [1.807, 2.05) is 0 Å². The number of benzene rings is 2. The van der Waals surface area contributed by atoms with Gasteiger partial charge in [-0.3, -0.25) is 4.79 Å². The summed E-state index contributed by atoms with van der Waals surface area (Å²) < 4.78 is 26.5. The van der Waals surface area contributed by atoms with E-state index in [9.17, 15) is 18.4 Å². The van der Waals surface area contributed by atoms with Crippen LogP contribution in [0.1, 0.15) is 20.7 Å². The van der Waals surface area contributed by atoms with Crippen LogP contribution in [-0.2, 0) is 0 Å². The van der Waals surface area contributed by atoms with Gasteiger partial charge in [-0.05, 0) is 30.3 Å². The number of carbonyl (C=O) groups is 2. The van der Waals surface area contributed by atoms with Crippen molar-refractivity contribution in [2.75, 3.05) is 5.32 Å². The highest BCUT2D eigenvalue weighted by Crippen LogP contribution is 2.21. The largest absolute Gasteiger partial charge is 0.478 e. The molecule has 0 atom stereocenters. The van der Waals surface area contributed by atoms with Gasteiger partial charge in [0.15, 0.2) is 11.6 Å². The lowest BCUT2D eigenvalue weighted by Gasteiger charge is -2.08. The van der Waals surface area contributed by atoms with Crippen molar-refractivity contribution in [2.24, 2.45) is 0 Å². The Balaban J connectivity index is 2.30. The van der Waals surface area contributed by atoms with Crippen LogP contribution in [0.15, 0.2) is 36.4 Å². The Kier molecular flexibility index (Phi) is 4.18. The van der Waals surface area contributed by atoms with Gasteiger partial charge in [-0.25, -0.2) is 13.6 Å². The molecule has 0 bridgehead atoms. The Hall–Kier alpha value is -2.47. The van der Waals surface area contributed by atoms with Crippen molar-refractivity contribution >= 4 is 29.2 Å². The topological polar surface area (TPSA) is 66.4 Å². The van der Waals surface area contributed by atoms with Gasteiger partial charge in [0.25, 0.3) is 5.91 Å². The first-order valence-corrected chi connectivity index (χ1v) is 6.06. The molecule has 2 aromatic carbocycles. The van der Waals surface area contributed by atoms with Crippen LogP contribution in [0.25, 0.3) is 0 Å². The van der Waals surface area contributed by atoms with Gasteiger partial charge in [-0.15, -0.1) is 0 Å². The third-order valence-electron chi connectivity index (χ3n) is 2.65. The van der Waals surface area contributed by atoms with E-state index in [1.165, 1.54) is 18.2 Å². The molecular weight excluding hydrogens is 304 g/mol. The summed E-state index contributed by atoms with van der Waals surface area (Å²) >= 11 is 5.69. The summed E-state index contributed by atoms with van der Waals surface area (Å²) in [6.45, 7) is 0. The first kappa shape index (κ1) is 14.9. The molecule has 21 heavy (non-hydrogen) atoms. The number of hydrogen-bond acceptors (Lipinski definition) is 2. The minimum atomic E-state index is -1.28. The number of amides is 1. The van der Waals surface area contributed by atoms with E-state index in [1.54, 1.807) is 0 Å². The molecule has 0 aliphatic rings. The first-order valence-electron chi connectivity index (χ1n) is 5.68. The molecule has 4 nitrogen and oxygen atoms in total. The number of halogens is 3. The highest BCUT2D eigenvalue weighted by molar-refractivity contribution is 6.33. The summed E-state index contributed by atoms with van der Waals surface area (Å²) in [5, 5.41) is 11.2. The molecule has 108 valence electrons. The van der Waals surface area contributed by atoms with Crippen molar-refractivity contribution in [1.29, 1.82) is 0 Å². The molecule has 2 rings (SSSR count). The minimum absolute atomic E-state index is 0.00237. The standard InChI is InChI=1S/C14H8ClF2NO3/c15-10-5-4-7(6-9(10)14(20)21)18-13(19)8-2-1-3-11(16)12(8)17/h1-6H,(H,18,19)(H,20,21). The van der Waals surface area contributed by atoms with Gasteiger partial charge in [0.1, 0.15) is 0 Å². The maximum atomic E-state index is 13.5. The lowest BCUT2D eigenvalue weighted by Crippen LogP contribution is -2.15. The second-order valence-electron chi connectivity index (χ2n) is 4.06. The quantitative estimate of drug-likeness (QED) is 0.910. The molecule has 0 fully saturated rings. The van der Waals surface area contributed by atoms with E-state index in [-0.39, 0.29) is 16.3 Å². The summed E-state index contributed by atoms with van der Waals surface area (Å²) in [6.07, 6.45) is 0. The Morgan fingerprint density at radius 1 is 1.10 bits per heavy atom. The highest BCUT2D eigenvalue weighted by atomic mass is 35.5. The predicted octanol–water partition coefficient (Wildman–Crippen LogP) is 3.57. The Morgan fingerprint density at radius 3 is 2.48 bits per heavy atom. The van der Waals surface area contributed by atoms with E-state index >= 15 is 0 Å². The van der Waals surface area contributed by atoms with E-state index in [4.69, 9.17) is 16.7 Å². The molecular formula is C14H8ClF2NO3. The zero-order valence-corrected chi connectivity index (χ0v) is 11.1. The van der Waals surface area contributed by atoms with Gasteiger partial charge in [-0.2, -0.15) is 0 Å². The van der Waals surface area contributed by atoms with Crippen LogP contribution in [0.2, 0.25) is 5.02 Å². The highest BCUT2D eigenvalue weighted by Gasteiger charge is 2.16. The SMILES string of the molecule is O=C(O)c1cc(NC(=O)c2cccc(F)c2F)ccc1Cl. The molecule has 0 saturated carbocycles. The second kappa shape index (κ2) is 5.88. The number of rotatable bonds is 3. The van der Waals surface area contributed by atoms with Crippen LogP contribution < -0.4 is 5.32 Å². The summed E-state index contributed by atoms with van der Waals surface area (Å²) in [5.41, 5.74) is -0.596. The third-order valence-corrected chi connectivity index (χ3v) is 2.98. The van der Waals surface area contributed by atoms with Crippen molar-refractivity contribution in [3.8, 4) is 0 Å². The lowest BCUT2D eigenvalue weighted by atomic mass is 10.1. The average molecular weight is 312 g/mol. The van der Waals surface area contributed by atoms with Crippen molar-refractivity contribution in [3.05, 3.63) is 64.2 Å². The molecule has 0 aliphatic carbocycles. The Bertz CT molecular complexity index is 734. The normalized spacial score (nSPS) is 10.2. The van der Waals surface area contributed by atoms with Gasteiger partial charge in [0.05, 0.1) is 16.1 Å². The van der Waals surface area contributed by atoms with Crippen molar-refractivity contribution in [2.45, 2.75) is 0 Å². The van der Waals surface area contributed by atoms with Gasteiger partial charge >= 0.3 is 5.97 Å². The maximum absolute atomic E-state index is 13.5. The monoisotopic (exact) mass is 311 g/mol. The summed E-state index contributed by atoms with van der Waals surface area (Å²) in [7, 11) is 0. The molecule has 7 heteroatoms. The van der Waals surface area contributed by atoms with Crippen LogP contribution in [-0.4, -0.2) is 17.0 Å². The fourth-order valence-corrected chi connectivity index (χ4v) is 1.84. The van der Waals surface area contributed by atoms with E-state index < -0.39 is 29.1 Å². The molecule has 0 unspecified atom stereocenters. The van der Waals surface area contributed by atoms with E-state index in [2.05, 4.69) is 5.32 Å². The molecule has 0 radical (unpaired) electrons. The predicted molar refractivity (Wildman–Crippen MR) is 72.7 cm³/mol. The molecule has 0 heterocycles. The smallest absolute Gasteiger partial charge is 0.337 e. The van der Waals surface area contributed by atoms with E-state index in [0.717, 1.165) is 18.2 Å². The van der Waals surface area contributed by atoms with E-state index in [0.29, 0.717) is 0 Å². The molecule has 2 N–H and O–H groups in total. The first-order chi connectivity index (χ1) is 9.90. The maximum Gasteiger partial charge on any atom is 0.337 e. The Labute approximate surface area is 123 Å². The minimum Gasteiger partial charge on any atom is -0.478 e. The van der Waals surface area contributed by atoms with Crippen LogP contribution in [0, 0.1) is 11.6 Å². The summed E-state index contributed by atoms with van der Waals surface area (Å²) in [6, 6.07) is 6.95. The molecule has 0 saturated heterocycles. The zero-order chi connectivity index (χ0) is 15.6. The zero-order valence-electron chi connectivity index (χ0n) is 10.4. The summed E-state index contributed by atoms with van der Waals surface area (Å²) in [5.74, 6) is -4.59. The van der Waals surface area contributed by atoms with Crippen LogP contribution in [0.3, 0.4) is 0 Å². The second-order valence-corrected chi connectivity index (χ2v) is 4.46. The fourth-order valence-electron chi connectivity index (χ4n) is 1.64. The van der Waals surface area contributed by atoms with Gasteiger partial charge in [0.2, 0.25) is 0 Å². The van der Waals surface area contributed by atoms with Crippen LogP contribution in [0.4, 0.5) is 14.5 Å². The van der Waals surface area contributed by atoms with Crippen LogP contribution >= 0.6 is 11.6 Å². The number of anilines is 1. The van der Waals surface area contributed by atoms with Crippen LogP contribution in [0.5, 0.6) is 0 Å². The van der Waals surface area contributed by atoms with Crippen molar-refractivity contribution in [3.63, 3.8) is 0 Å². The summed E-state index contributed by atoms with van der Waals surface area (Å²) in [4.78, 5) is 22.8. The molecule has 1 amide bonds. The number of carboxylic acid groups (broad SMARTS) is 1. The average Bonchev–Trinajstić information content (AvgIpc) is 2.43. The number of nitrogens with one attached hydrogen (secondary N) is 1.